The third-order valence-corrected chi connectivity index (χ3v) is 3.31. The molecule has 0 aromatic rings. The van der Waals surface area contributed by atoms with Crippen LogP contribution in [0.2, 0.25) is 0 Å². The Labute approximate surface area is 133 Å². The van der Waals surface area contributed by atoms with E-state index in [1.807, 2.05) is 24.3 Å². The quantitative estimate of drug-likeness (QED) is 0.375. The molecule has 0 aromatic carbocycles. The fourth-order valence-electron chi connectivity index (χ4n) is 1.72. The van der Waals surface area contributed by atoms with Gasteiger partial charge in [-0.3, -0.25) is 0 Å². The molecule has 0 amide bonds. The first-order chi connectivity index (χ1) is 9.65. The van der Waals surface area contributed by atoms with Crippen molar-refractivity contribution >= 4 is 29.0 Å². The molecule has 112 valence electrons. The second-order valence-corrected chi connectivity index (χ2v) is 4.99. The van der Waals surface area contributed by atoms with Crippen molar-refractivity contribution < 1.29 is 17.7 Å². The first-order valence-electron chi connectivity index (χ1n) is 6.54. The summed E-state index contributed by atoms with van der Waals surface area (Å²) in [5, 5.41) is 8.79. The summed E-state index contributed by atoms with van der Waals surface area (Å²) in [4.78, 5) is 11.0. The summed E-state index contributed by atoms with van der Waals surface area (Å²) >= 11 is 1.56. The number of allylic oxidation sites excluding steroid dienone is 4. The Hall–Kier alpha value is -0.860. The monoisotopic (exact) mass is 393 g/mol. The van der Waals surface area contributed by atoms with Gasteiger partial charge in [0.05, 0.1) is 13.2 Å². The highest BCUT2D eigenvalue weighted by molar-refractivity contribution is 14.1. The molecule has 5 nitrogen and oxygen atoms in total. The standard InChI is InChI=1S/C14H20INO4/c15-20-14(18)8-5-11-3-6-13(7-4-11)19-9-1-2-12(16)10-17/h3,5-8,11-12,17H,1-2,4,9-10,16H2/b8-5-/t11-,12+/m0/s1. The number of carbonyl (C=O) groups is 1. The van der Waals surface area contributed by atoms with E-state index in [4.69, 9.17) is 15.6 Å². The highest BCUT2D eigenvalue weighted by Crippen LogP contribution is 2.18. The maximum absolute atomic E-state index is 11.0. The van der Waals surface area contributed by atoms with Gasteiger partial charge in [-0.1, -0.05) is 12.2 Å². The van der Waals surface area contributed by atoms with Crippen molar-refractivity contribution in [1.29, 1.82) is 0 Å². The SMILES string of the molecule is N[C@@H](CO)CCCOC1=CC[C@@H](/C=C\C(=O)OI)C=C1. The third-order valence-electron chi connectivity index (χ3n) is 2.88. The van der Waals surface area contributed by atoms with E-state index in [0.717, 1.165) is 25.0 Å². The number of aliphatic hydroxyl groups is 1. The number of hydrogen-bond donors (Lipinski definition) is 2. The van der Waals surface area contributed by atoms with E-state index in [-0.39, 0.29) is 24.5 Å². The van der Waals surface area contributed by atoms with Crippen LogP contribution >= 0.6 is 23.0 Å². The summed E-state index contributed by atoms with van der Waals surface area (Å²) in [5.41, 5.74) is 5.60. The predicted molar refractivity (Wildman–Crippen MR) is 84.8 cm³/mol. The van der Waals surface area contributed by atoms with Gasteiger partial charge in [0.1, 0.15) is 5.76 Å². The zero-order valence-corrected chi connectivity index (χ0v) is 13.4. The molecule has 0 unspecified atom stereocenters. The van der Waals surface area contributed by atoms with Gasteiger partial charge in [-0.15, -0.1) is 0 Å². The minimum absolute atomic E-state index is 0.0102. The first kappa shape index (κ1) is 17.2. The molecule has 0 saturated heterocycles. The van der Waals surface area contributed by atoms with Gasteiger partial charge in [0.2, 0.25) is 0 Å². The number of aliphatic hydroxyl groups excluding tert-OH is 1. The Morgan fingerprint density at radius 2 is 2.45 bits per heavy atom. The van der Waals surface area contributed by atoms with Gasteiger partial charge >= 0.3 is 5.97 Å². The van der Waals surface area contributed by atoms with Gasteiger partial charge in [0.15, 0.2) is 23.0 Å². The van der Waals surface area contributed by atoms with Crippen molar-refractivity contribution in [2.75, 3.05) is 13.2 Å². The molecule has 0 aromatic heterocycles. The van der Waals surface area contributed by atoms with Crippen molar-refractivity contribution in [2.45, 2.75) is 25.3 Å². The molecule has 3 N–H and O–H groups in total. The van der Waals surface area contributed by atoms with Crippen LogP contribution in [0.25, 0.3) is 0 Å². The molecule has 6 heteroatoms. The van der Waals surface area contributed by atoms with Crippen LogP contribution in [0.1, 0.15) is 19.3 Å². The lowest BCUT2D eigenvalue weighted by Gasteiger charge is -2.14. The molecular formula is C14H20INO4. The Balaban J connectivity index is 2.22. The maximum atomic E-state index is 11.0. The summed E-state index contributed by atoms with van der Waals surface area (Å²) in [5.74, 6) is 0.676. The van der Waals surface area contributed by atoms with Crippen LogP contribution < -0.4 is 5.73 Å². The van der Waals surface area contributed by atoms with Crippen LogP contribution in [-0.4, -0.2) is 30.3 Å². The highest BCUT2D eigenvalue weighted by atomic mass is 127. The van der Waals surface area contributed by atoms with E-state index in [9.17, 15) is 4.79 Å². The molecule has 0 fully saturated rings. The smallest absolute Gasteiger partial charge is 0.339 e. The van der Waals surface area contributed by atoms with E-state index in [1.54, 1.807) is 23.0 Å². The van der Waals surface area contributed by atoms with E-state index in [1.165, 1.54) is 6.08 Å². The molecule has 0 spiro atoms. The minimum atomic E-state index is -0.356. The van der Waals surface area contributed by atoms with E-state index < -0.39 is 0 Å². The van der Waals surface area contributed by atoms with Crippen LogP contribution in [0.15, 0.2) is 36.1 Å². The molecule has 0 heterocycles. The zero-order chi connectivity index (χ0) is 14.8. The number of halogens is 1. The molecule has 1 rings (SSSR count). The van der Waals surface area contributed by atoms with Gasteiger partial charge < -0.3 is 18.6 Å². The summed E-state index contributed by atoms with van der Waals surface area (Å²) in [6.45, 7) is 0.599. The number of ether oxygens (including phenoxy) is 1. The minimum Gasteiger partial charge on any atom is -0.494 e. The third kappa shape index (κ3) is 7.06. The molecule has 0 bridgehead atoms. The largest absolute Gasteiger partial charge is 0.494 e. The van der Waals surface area contributed by atoms with Crippen molar-refractivity contribution in [3.63, 3.8) is 0 Å². The predicted octanol–water partition coefficient (Wildman–Crippen LogP) is 2.01. The molecule has 1 aliphatic rings. The Morgan fingerprint density at radius 3 is 3.05 bits per heavy atom. The van der Waals surface area contributed by atoms with Crippen LogP contribution in [0.5, 0.6) is 0 Å². The number of rotatable bonds is 8. The van der Waals surface area contributed by atoms with Crippen LogP contribution in [-0.2, 0) is 12.6 Å². The van der Waals surface area contributed by atoms with Crippen LogP contribution in [0, 0.1) is 5.92 Å². The molecule has 20 heavy (non-hydrogen) atoms. The van der Waals surface area contributed by atoms with Crippen LogP contribution in [0.4, 0.5) is 0 Å². The van der Waals surface area contributed by atoms with Crippen molar-refractivity contribution in [3.8, 4) is 0 Å². The average Bonchev–Trinajstić information content (AvgIpc) is 2.49. The number of nitrogens with two attached hydrogens (primary N) is 1. The summed E-state index contributed by atoms with van der Waals surface area (Å²) in [6.07, 6.45) is 11.5. The lowest BCUT2D eigenvalue weighted by molar-refractivity contribution is -0.126. The van der Waals surface area contributed by atoms with E-state index in [0.29, 0.717) is 6.61 Å². The number of hydrogen-bond acceptors (Lipinski definition) is 5. The van der Waals surface area contributed by atoms with E-state index in [2.05, 4.69) is 3.07 Å². The topological polar surface area (TPSA) is 81.8 Å². The lowest BCUT2D eigenvalue weighted by Crippen LogP contribution is -2.24. The second kappa shape index (κ2) is 9.95. The number of carbonyl (C=O) groups excluding carboxylic acids is 1. The fraction of sp³-hybridized carbons (Fsp3) is 0.500. The summed E-state index contributed by atoms with van der Waals surface area (Å²) in [7, 11) is 0. The molecular weight excluding hydrogens is 373 g/mol. The van der Waals surface area contributed by atoms with Gasteiger partial charge in [-0.25, -0.2) is 4.79 Å². The lowest BCUT2D eigenvalue weighted by atomic mass is 9.99. The van der Waals surface area contributed by atoms with Crippen LogP contribution in [0.3, 0.4) is 0 Å². The van der Waals surface area contributed by atoms with E-state index >= 15 is 0 Å². The van der Waals surface area contributed by atoms with Gasteiger partial charge in [-0.2, -0.15) is 0 Å². The summed E-state index contributed by atoms with van der Waals surface area (Å²) < 4.78 is 10.1. The van der Waals surface area contributed by atoms with Crippen molar-refractivity contribution in [3.05, 3.63) is 36.1 Å². The molecule has 2 atom stereocenters. The van der Waals surface area contributed by atoms with Crippen molar-refractivity contribution in [1.82, 2.24) is 0 Å². The normalized spacial score (nSPS) is 19.8. The molecule has 1 aliphatic carbocycles. The molecule has 0 aliphatic heterocycles. The van der Waals surface area contributed by atoms with Crippen molar-refractivity contribution in [2.24, 2.45) is 11.7 Å². The fourth-order valence-corrected chi connectivity index (χ4v) is 1.87. The Morgan fingerprint density at radius 1 is 1.65 bits per heavy atom. The summed E-state index contributed by atoms with van der Waals surface area (Å²) in [6, 6.07) is -0.165. The van der Waals surface area contributed by atoms with Gasteiger partial charge in [-0.05, 0) is 37.3 Å². The Kier molecular flexibility index (Phi) is 8.56. The van der Waals surface area contributed by atoms with Gasteiger partial charge in [0.25, 0.3) is 0 Å². The van der Waals surface area contributed by atoms with Gasteiger partial charge in [0, 0.05) is 12.1 Å². The average molecular weight is 393 g/mol. The Bertz CT molecular complexity index is 393. The zero-order valence-electron chi connectivity index (χ0n) is 11.2. The highest BCUT2D eigenvalue weighted by Gasteiger charge is 2.07. The maximum Gasteiger partial charge on any atom is 0.339 e. The molecule has 0 saturated carbocycles. The second-order valence-electron chi connectivity index (χ2n) is 4.55. The first-order valence-corrected chi connectivity index (χ1v) is 7.42. The molecule has 0 radical (unpaired) electrons.